The van der Waals surface area contributed by atoms with E-state index in [2.05, 4.69) is 32.2 Å². The molecular formula is C11H14BrClN2S. The minimum atomic E-state index is 0.871. The van der Waals surface area contributed by atoms with Gasteiger partial charge < -0.3 is 5.32 Å². The van der Waals surface area contributed by atoms with Crippen molar-refractivity contribution in [3.05, 3.63) is 19.8 Å². The van der Waals surface area contributed by atoms with Crippen LogP contribution >= 0.6 is 38.9 Å². The molecule has 0 radical (unpaired) electrons. The van der Waals surface area contributed by atoms with Gasteiger partial charge in [-0.1, -0.05) is 11.6 Å². The Hall–Kier alpha value is 0.390. The Bertz CT molecular complexity index is 364. The molecule has 2 saturated heterocycles. The maximum Gasteiger partial charge on any atom is 0.107 e. The van der Waals surface area contributed by atoms with Gasteiger partial charge in [0.15, 0.2) is 0 Å². The van der Waals surface area contributed by atoms with Crippen LogP contribution in [0.5, 0.6) is 0 Å². The van der Waals surface area contributed by atoms with Crippen LogP contribution in [0.2, 0.25) is 4.34 Å². The van der Waals surface area contributed by atoms with E-state index in [0.29, 0.717) is 0 Å². The summed E-state index contributed by atoms with van der Waals surface area (Å²) in [6.07, 6.45) is 0. The lowest BCUT2D eigenvalue weighted by Gasteiger charge is -2.15. The van der Waals surface area contributed by atoms with Crippen molar-refractivity contribution >= 4 is 38.9 Å². The highest BCUT2D eigenvalue weighted by atomic mass is 79.9. The molecule has 1 aromatic rings. The van der Waals surface area contributed by atoms with Gasteiger partial charge in [0.2, 0.25) is 0 Å². The number of fused-ring (bicyclic) bond motifs is 1. The molecule has 1 aromatic heterocycles. The molecule has 0 bridgehead atoms. The topological polar surface area (TPSA) is 15.3 Å². The molecule has 2 nitrogen and oxygen atoms in total. The third kappa shape index (κ3) is 2.18. The molecule has 0 aromatic carbocycles. The van der Waals surface area contributed by atoms with Crippen molar-refractivity contribution in [2.24, 2.45) is 11.8 Å². The van der Waals surface area contributed by atoms with E-state index < -0.39 is 0 Å². The van der Waals surface area contributed by atoms with Crippen LogP contribution in [-0.4, -0.2) is 31.1 Å². The van der Waals surface area contributed by atoms with Gasteiger partial charge in [-0.15, -0.1) is 11.3 Å². The number of thiophene rings is 1. The van der Waals surface area contributed by atoms with Crippen molar-refractivity contribution < 1.29 is 0 Å². The van der Waals surface area contributed by atoms with Crippen LogP contribution in [0, 0.1) is 11.8 Å². The second-order valence-electron chi connectivity index (χ2n) is 4.71. The molecule has 2 aliphatic heterocycles. The van der Waals surface area contributed by atoms with Crippen LogP contribution in [0.3, 0.4) is 0 Å². The molecule has 16 heavy (non-hydrogen) atoms. The van der Waals surface area contributed by atoms with E-state index in [9.17, 15) is 0 Å². The first-order valence-electron chi connectivity index (χ1n) is 5.59. The zero-order chi connectivity index (χ0) is 11.1. The predicted octanol–water partition coefficient (Wildman–Crippen LogP) is 2.82. The number of hydrogen-bond donors (Lipinski definition) is 1. The quantitative estimate of drug-likeness (QED) is 0.901. The molecule has 3 rings (SSSR count). The number of nitrogens with one attached hydrogen (secondary N) is 1. The molecule has 3 heterocycles. The minimum absolute atomic E-state index is 0.871. The Labute approximate surface area is 113 Å². The highest BCUT2D eigenvalue weighted by Gasteiger charge is 2.35. The van der Waals surface area contributed by atoms with E-state index in [1.807, 2.05) is 0 Å². The van der Waals surface area contributed by atoms with Crippen LogP contribution in [0.15, 0.2) is 10.5 Å². The fourth-order valence-corrected chi connectivity index (χ4v) is 4.60. The van der Waals surface area contributed by atoms with Crippen LogP contribution in [0.25, 0.3) is 0 Å². The molecule has 2 aliphatic rings. The Kier molecular flexibility index (Phi) is 3.28. The Morgan fingerprint density at radius 3 is 2.69 bits per heavy atom. The largest absolute Gasteiger partial charge is 0.316 e. The molecule has 2 fully saturated rings. The van der Waals surface area contributed by atoms with Gasteiger partial charge in [0.25, 0.3) is 0 Å². The fraction of sp³-hybridized carbons (Fsp3) is 0.636. The highest BCUT2D eigenvalue weighted by Crippen LogP contribution is 2.34. The molecule has 2 atom stereocenters. The molecule has 0 unspecified atom stereocenters. The first-order valence-corrected chi connectivity index (χ1v) is 7.58. The van der Waals surface area contributed by atoms with Crippen LogP contribution in [-0.2, 0) is 6.54 Å². The number of rotatable bonds is 2. The summed E-state index contributed by atoms with van der Waals surface area (Å²) in [4.78, 5) is 3.93. The lowest BCUT2D eigenvalue weighted by molar-refractivity contribution is 0.308. The zero-order valence-corrected chi connectivity index (χ0v) is 12.0. The fourth-order valence-electron chi connectivity index (χ4n) is 2.77. The lowest BCUT2D eigenvalue weighted by Crippen LogP contribution is -2.25. The predicted molar refractivity (Wildman–Crippen MR) is 72.2 cm³/mol. The van der Waals surface area contributed by atoms with Gasteiger partial charge >= 0.3 is 0 Å². The second kappa shape index (κ2) is 4.58. The minimum Gasteiger partial charge on any atom is -0.316 e. The summed E-state index contributed by atoms with van der Waals surface area (Å²) < 4.78 is 1.91. The van der Waals surface area contributed by atoms with Crippen molar-refractivity contribution in [1.82, 2.24) is 10.2 Å². The Balaban J connectivity index is 1.64. The van der Waals surface area contributed by atoms with E-state index in [1.165, 1.54) is 31.1 Å². The van der Waals surface area contributed by atoms with Crippen LogP contribution < -0.4 is 5.32 Å². The maximum atomic E-state index is 6.05. The van der Waals surface area contributed by atoms with Gasteiger partial charge in [-0.05, 0) is 46.9 Å². The molecule has 0 spiro atoms. The maximum absolute atomic E-state index is 6.05. The number of nitrogens with zero attached hydrogens (tertiary/aromatic N) is 1. The summed E-state index contributed by atoms with van der Waals surface area (Å²) in [5.41, 5.74) is 0. The number of hydrogen-bond acceptors (Lipinski definition) is 3. The molecular weight excluding hydrogens is 308 g/mol. The van der Waals surface area contributed by atoms with Gasteiger partial charge in [-0.3, -0.25) is 4.90 Å². The normalized spacial score (nSPS) is 29.9. The smallest absolute Gasteiger partial charge is 0.107 e. The highest BCUT2D eigenvalue weighted by molar-refractivity contribution is 9.10. The summed E-state index contributed by atoms with van der Waals surface area (Å²) in [5.74, 6) is 1.75. The van der Waals surface area contributed by atoms with E-state index in [4.69, 9.17) is 11.6 Å². The number of halogens is 2. The molecule has 5 heteroatoms. The summed E-state index contributed by atoms with van der Waals surface area (Å²) in [6.45, 7) is 5.95. The molecule has 0 amide bonds. The molecule has 88 valence electrons. The average Bonchev–Trinajstić information content (AvgIpc) is 2.83. The third-order valence-corrected chi connectivity index (χ3v) is 6.00. The third-order valence-electron chi connectivity index (χ3n) is 3.54. The number of likely N-dealkylation sites (tertiary alicyclic amines) is 1. The van der Waals surface area contributed by atoms with Crippen LogP contribution in [0.1, 0.15) is 4.88 Å². The van der Waals surface area contributed by atoms with E-state index in [1.54, 1.807) is 11.3 Å². The summed E-state index contributed by atoms with van der Waals surface area (Å²) in [7, 11) is 0. The van der Waals surface area contributed by atoms with Crippen molar-refractivity contribution in [2.45, 2.75) is 6.54 Å². The van der Waals surface area contributed by atoms with Crippen molar-refractivity contribution in [1.29, 1.82) is 0 Å². The lowest BCUT2D eigenvalue weighted by atomic mass is 10.0. The van der Waals surface area contributed by atoms with Crippen molar-refractivity contribution in [3.63, 3.8) is 0 Å². The molecule has 0 saturated carbocycles. The van der Waals surface area contributed by atoms with E-state index in [0.717, 1.165) is 27.2 Å². The van der Waals surface area contributed by atoms with Gasteiger partial charge in [0, 0.05) is 29.0 Å². The van der Waals surface area contributed by atoms with Gasteiger partial charge in [0.05, 0.1) is 0 Å². The second-order valence-corrected chi connectivity index (χ2v) is 7.30. The zero-order valence-electron chi connectivity index (χ0n) is 8.88. The monoisotopic (exact) mass is 320 g/mol. The van der Waals surface area contributed by atoms with Crippen molar-refractivity contribution in [3.8, 4) is 0 Å². The van der Waals surface area contributed by atoms with E-state index >= 15 is 0 Å². The van der Waals surface area contributed by atoms with Gasteiger partial charge in [-0.2, -0.15) is 0 Å². The summed E-state index contributed by atoms with van der Waals surface area (Å²) in [6, 6.07) is 2.15. The Morgan fingerprint density at radius 1 is 1.44 bits per heavy atom. The summed E-state index contributed by atoms with van der Waals surface area (Å²) in [5, 5.41) is 3.47. The van der Waals surface area contributed by atoms with E-state index in [-0.39, 0.29) is 0 Å². The average molecular weight is 322 g/mol. The molecule has 1 N–H and O–H groups in total. The first kappa shape index (κ1) is 11.5. The standard InChI is InChI=1S/C11H14BrClN2S/c12-10-1-9(16-11(10)13)6-15-4-7-2-14-3-8(7)5-15/h1,7-8,14H,2-6H2/t7-,8+. The summed E-state index contributed by atoms with van der Waals surface area (Å²) >= 11 is 11.2. The first-order chi connectivity index (χ1) is 7.72. The van der Waals surface area contributed by atoms with Crippen LogP contribution in [0.4, 0.5) is 0 Å². The Morgan fingerprint density at radius 2 is 2.12 bits per heavy atom. The molecule has 0 aliphatic carbocycles. The SMILES string of the molecule is Clc1sc(CN2C[C@H]3CNC[C@H]3C2)cc1Br. The van der Waals surface area contributed by atoms with Crippen molar-refractivity contribution in [2.75, 3.05) is 26.2 Å². The van der Waals surface area contributed by atoms with Gasteiger partial charge in [0.1, 0.15) is 4.34 Å². The van der Waals surface area contributed by atoms with Gasteiger partial charge in [-0.25, -0.2) is 0 Å².